The van der Waals surface area contributed by atoms with Crippen LogP contribution in [0.3, 0.4) is 0 Å². The van der Waals surface area contributed by atoms with Gasteiger partial charge in [0.1, 0.15) is 5.82 Å². The first-order valence-electron chi connectivity index (χ1n) is 6.28. The molecule has 1 aromatic rings. The van der Waals surface area contributed by atoms with Gasteiger partial charge in [0, 0.05) is 36.9 Å². The molecule has 19 heavy (non-hydrogen) atoms. The van der Waals surface area contributed by atoms with E-state index in [4.69, 9.17) is 11.6 Å². The van der Waals surface area contributed by atoms with E-state index in [0.717, 1.165) is 26.2 Å². The average molecular weight is 286 g/mol. The summed E-state index contributed by atoms with van der Waals surface area (Å²) in [5.41, 5.74) is 0.386. The van der Waals surface area contributed by atoms with Gasteiger partial charge in [-0.3, -0.25) is 9.69 Å². The number of halogens is 2. The summed E-state index contributed by atoms with van der Waals surface area (Å²) in [7, 11) is 0. The standard InChI is InChI=1S/C13H17ClFN3O/c1-9(18-4-2-16-3-5-18)13(19)17-12-7-10(14)6-11(15)8-12/h6-9,16H,2-5H2,1H3,(H,17,19). The van der Waals surface area contributed by atoms with Crippen LogP contribution >= 0.6 is 11.6 Å². The van der Waals surface area contributed by atoms with Gasteiger partial charge in [0.15, 0.2) is 0 Å². The van der Waals surface area contributed by atoms with Crippen molar-refractivity contribution in [1.29, 1.82) is 0 Å². The van der Waals surface area contributed by atoms with Crippen LogP contribution in [0.1, 0.15) is 6.92 Å². The largest absolute Gasteiger partial charge is 0.325 e. The maximum atomic E-state index is 13.2. The van der Waals surface area contributed by atoms with Crippen molar-refractivity contribution >= 4 is 23.2 Å². The lowest BCUT2D eigenvalue weighted by Crippen LogP contribution is -2.51. The van der Waals surface area contributed by atoms with Gasteiger partial charge in [-0.05, 0) is 25.1 Å². The zero-order chi connectivity index (χ0) is 13.8. The molecule has 0 bridgehead atoms. The molecule has 0 radical (unpaired) electrons. The fraction of sp³-hybridized carbons (Fsp3) is 0.462. The second kappa shape index (κ2) is 6.32. The van der Waals surface area contributed by atoms with E-state index in [1.54, 1.807) is 0 Å². The number of carbonyl (C=O) groups excluding carboxylic acids is 1. The molecule has 1 aliphatic heterocycles. The number of amides is 1. The van der Waals surface area contributed by atoms with Crippen LogP contribution < -0.4 is 10.6 Å². The quantitative estimate of drug-likeness (QED) is 0.889. The number of nitrogens with one attached hydrogen (secondary N) is 2. The van der Waals surface area contributed by atoms with Gasteiger partial charge < -0.3 is 10.6 Å². The third-order valence-electron chi connectivity index (χ3n) is 3.21. The smallest absolute Gasteiger partial charge is 0.241 e. The number of hydrogen-bond donors (Lipinski definition) is 2. The predicted octanol–water partition coefficient (Wildman–Crippen LogP) is 1.71. The Labute approximate surface area is 116 Å². The molecule has 6 heteroatoms. The molecule has 1 aromatic carbocycles. The van der Waals surface area contributed by atoms with Gasteiger partial charge in [0.25, 0.3) is 0 Å². The van der Waals surface area contributed by atoms with E-state index < -0.39 is 5.82 Å². The third-order valence-corrected chi connectivity index (χ3v) is 3.43. The molecule has 1 heterocycles. The highest BCUT2D eigenvalue weighted by Gasteiger charge is 2.22. The average Bonchev–Trinajstić information content (AvgIpc) is 2.37. The lowest BCUT2D eigenvalue weighted by Gasteiger charge is -2.31. The summed E-state index contributed by atoms with van der Waals surface area (Å²) < 4.78 is 13.2. The number of nitrogens with zero attached hydrogens (tertiary/aromatic N) is 1. The van der Waals surface area contributed by atoms with Crippen LogP contribution in [0.4, 0.5) is 10.1 Å². The zero-order valence-electron chi connectivity index (χ0n) is 10.7. The lowest BCUT2D eigenvalue weighted by atomic mass is 10.2. The van der Waals surface area contributed by atoms with Gasteiger partial charge in [0.2, 0.25) is 5.91 Å². The Morgan fingerprint density at radius 2 is 2.11 bits per heavy atom. The van der Waals surface area contributed by atoms with Gasteiger partial charge in [0.05, 0.1) is 6.04 Å². The summed E-state index contributed by atoms with van der Waals surface area (Å²) in [5.74, 6) is -0.610. The molecule has 1 atom stereocenters. The van der Waals surface area contributed by atoms with E-state index >= 15 is 0 Å². The Balaban J connectivity index is 1.99. The molecule has 1 aliphatic rings. The van der Waals surface area contributed by atoms with Gasteiger partial charge >= 0.3 is 0 Å². The number of anilines is 1. The number of piperazine rings is 1. The monoisotopic (exact) mass is 285 g/mol. The van der Waals surface area contributed by atoms with E-state index in [1.807, 2.05) is 6.92 Å². The Morgan fingerprint density at radius 1 is 1.42 bits per heavy atom. The minimum absolute atomic E-state index is 0.149. The Kier molecular flexibility index (Phi) is 4.74. The van der Waals surface area contributed by atoms with Crippen molar-refractivity contribution in [2.24, 2.45) is 0 Å². The van der Waals surface area contributed by atoms with Crippen molar-refractivity contribution in [1.82, 2.24) is 10.2 Å². The molecule has 1 amide bonds. The maximum absolute atomic E-state index is 13.2. The fourth-order valence-corrected chi connectivity index (χ4v) is 2.33. The highest BCUT2D eigenvalue weighted by molar-refractivity contribution is 6.30. The Morgan fingerprint density at radius 3 is 2.74 bits per heavy atom. The van der Waals surface area contributed by atoms with E-state index in [9.17, 15) is 9.18 Å². The van der Waals surface area contributed by atoms with Crippen LogP contribution in [-0.2, 0) is 4.79 Å². The molecule has 104 valence electrons. The molecule has 0 saturated carbocycles. The molecule has 0 spiro atoms. The minimum atomic E-state index is -0.461. The molecule has 1 saturated heterocycles. The maximum Gasteiger partial charge on any atom is 0.241 e. The molecule has 0 aliphatic carbocycles. The SMILES string of the molecule is CC(C(=O)Nc1cc(F)cc(Cl)c1)N1CCNCC1. The van der Waals surface area contributed by atoms with Crippen LogP contribution in [-0.4, -0.2) is 43.0 Å². The van der Waals surface area contributed by atoms with Crippen molar-refractivity contribution < 1.29 is 9.18 Å². The molecule has 2 N–H and O–H groups in total. The lowest BCUT2D eigenvalue weighted by molar-refractivity contribution is -0.120. The van der Waals surface area contributed by atoms with Crippen molar-refractivity contribution in [2.75, 3.05) is 31.5 Å². The van der Waals surface area contributed by atoms with Crippen molar-refractivity contribution in [3.63, 3.8) is 0 Å². The number of benzene rings is 1. The number of rotatable bonds is 3. The van der Waals surface area contributed by atoms with Gasteiger partial charge in [-0.1, -0.05) is 11.6 Å². The summed E-state index contributed by atoms with van der Waals surface area (Å²) in [4.78, 5) is 14.2. The number of carbonyl (C=O) groups is 1. The van der Waals surface area contributed by atoms with Crippen LogP contribution in [0, 0.1) is 5.82 Å². The molecule has 0 aromatic heterocycles. The topological polar surface area (TPSA) is 44.4 Å². The molecular weight excluding hydrogens is 269 g/mol. The van der Waals surface area contributed by atoms with E-state index in [0.29, 0.717) is 5.69 Å². The zero-order valence-corrected chi connectivity index (χ0v) is 11.5. The van der Waals surface area contributed by atoms with Crippen LogP contribution in [0.5, 0.6) is 0 Å². The van der Waals surface area contributed by atoms with Crippen LogP contribution in [0.2, 0.25) is 5.02 Å². The summed E-state index contributed by atoms with van der Waals surface area (Å²) in [6.45, 7) is 5.27. The Bertz CT molecular complexity index is 443. The molecular formula is C13H17ClFN3O. The highest BCUT2D eigenvalue weighted by Crippen LogP contribution is 2.18. The first kappa shape index (κ1) is 14.2. The van der Waals surface area contributed by atoms with Gasteiger partial charge in [-0.25, -0.2) is 4.39 Å². The molecule has 1 fully saturated rings. The second-order valence-corrected chi connectivity index (χ2v) is 5.05. The third kappa shape index (κ3) is 3.89. The predicted molar refractivity (Wildman–Crippen MR) is 73.9 cm³/mol. The summed E-state index contributed by atoms with van der Waals surface area (Å²) in [6, 6.07) is 3.75. The first-order valence-corrected chi connectivity index (χ1v) is 6.66. The summed E-state index contributed by atoms with van der Waals surface area (Å²) >= 11 is 5.75. The fourth-order valence-electron chi connectivity index (χ4n) is 2.11. The normalized spacial score (nSPS) is 18.1. The van der Waals surface area contributed by atoms with Crippen molar-refractivity contribution in [3.05, 3.63) is 29.0 Å². The number of hydrogen-bond acceptors (Lipinski definition) is 3. The van der Waals surface area contributed by atoms with E-state index in [-0.39, 0.29) is 17.0 Å². The Hall–Kier alpha value is -1.17. The molecule has 1 unspecified atom stereocenters. The highest BCUT2D eigenvalue weighted by atomic mass is 35.5. The summed E-state index contributed by atoms with van der Waals surface area (Å²) in [5, 5.41) is 6.20. The van der Waals surface area contributed by atoms with Crippen molar-refractivity contribution in [3.8, 4) is 0 Å². The van der Waals surface area contributed by atoms with Gasteiger partial charge in [-0.2, -0.15) is 0 Å². The van der Waals surface area contributed by atoms with E-state index in [1.165, 1.54) is 18.2 Å². The van der Waals surface area contributed by atoms with Gasteiger partial charge in [-0.15, -0.1) is 0 Å². The molecule has 4 nitrogen and oxygen atoms in total. The summed E-state index contributed by atoms with van der Waals surface area (Å²) in [6.07, 6.45) is 0. The first-order chi connectivity index (χ1) is 9.06. The van der Waals surface area contributed by atoms with E-state index in [2.05, 4.69) is 15.5 Å². The minimum Gasteiger partial charge on any atom is -0.325 e. The van der Waals surface area contributed by atoms with Crippen molar-refractivity contribution in [2.45, 2.75) is 13.0 Å². The molecule has 2 rings (SSSR count). The second-order valence-electron chi connectivity index (χ2n) is 4.61. The van der Waals surface area contributed by atoms with Crippen LogP contribution in [0.15, 0.2) is 18.2 Å². The van der Waals surface area contributed by atoms with Crippen LogP contribution in [0.25, 0.3) is 0 Å².